The summed E-state index contributed by atoms with van der Waals surface area (Å²) >= 11 is 0. The molecule has 3 N–H and O–H groups in total. The third kappa shape index (κ3) is 1.32. The molecule has 84 valence electrons. The minimum absolute atomic E-state index is 0.0516. The number of hydrogen-bond donors (Lipinski definition) is 2. The lowest BCUT2D eigenvalue weighted by atomic mass is 9.64. The predicted octanol–water partition coefficient (Wildman–Crippen LogP) is 0.539. The number of aliphatic hydroxyl groups is 1. The summed E-state index contributed by atoms with van der Waals surface area (Å²) < 4.78 is 1.78. The molecule has 15 heavy (non-hydrogen) atoms. The zero-order valence-electron chi connectivity index (χ0n) is 9.62. The molecule has 1 unspecified atom stereocenters. The number of aliphatic hydroxyl groups excluding tert-OH is 1. The third-order valence-electron chi connectivity index (χ3n) is 3.80. The molecule has 0 radical (unpaired) electrons. The van der Waals surface area contributed by atoms with E-state index in [4.69, 9.17) is 5.73 Å². The number of nitrogens with zero attached hydrogens (tertiary/aromatic N) is 2. The van der Waals surface area contributed by atoms with Crippen molar-refractivity contribution in [1.29, 1.82) is 0 Å². The SMILES string of the molecule is Cn1cc2c(n1)C(N)(CO)C(C)(C)CC2. The zero-order valence-corrected chi connectivity index (χ0v) is 9.62. The first kappa shape index (κ1) is 10.6. The Balaban J connectivity index is 2.58. The van der Waals surface area contributed by atoms with Gasteiger partial charge in [0.2, 0.25) is 0 Å². The van der Waals surface area contributed by atoms with E-state index >= 15 is 0 Å². The van der Waals surface area contributed by atoms with Gasteiger partial charge in [0.25, 0.3) is 0 Å². The molecular formula is C11H19N3O. The van der Waals surface area contributed by atoms with Crippen LogP contribution in [0.1, 0.15) is 31.5 Å². The lowest BCUT2D eigenvalue weighted by Gasteiger charge is -2.45. The average Bonchev–Trinajstić information content (AvgIpc) is 2.54. The molecule has 1 atom stereocenters. The van der Waals surface area contributed by atoms with Gasteiger partial charge in [-0.25, -0.2) is 0 Å². The van der Waals surface area contributed by atoms with E-state index in [0.717, 1.165) is 18.5 Å². The quantitative estimate of drug-likeness (QED) is 0.709. The van der Waals surface area contributed by atoms with Crippen molar-refractivity contribution in [3.05, 3.63) is 17.5 Å². The Hall–Kier alpha value is -0.870. The maximum Gasteiger partial charge on any atom is 0.0890 e. The maximum atomic E-state index is 9.57. The highest BCUT2D eigenvalue weighted by molar-refractivity contribution is 5.31. The molecule has 0 saturated carbocycles. The maximum absolute atomic E-state index is 9.57. The first-order valence-corrected chi connectivity index (χ1v) is 5.33. The second-order valence-electron chi connectivity index (χ2n) is 5.19. The third-order valence-corrected chi connectivity index (χ3v) is 3.80. The fraction of sp³-hybridized carbons (Fsp3) is 0.727. The van der Waals surface area contributed by atoms with E-state index < -0.39 is 5.54 Å². The van der Waals surface area contributed by atoms with Gasteiger partial charge in [0, 0.05) is 13.2 Å². The van der Waals surface area contributed by atoms with Crippen molar-refractivity contribution in [2.45, 2.75) is 32.2 Å². The molecular weight excluding hydrogens is 190 g/mol. The summed E-state index contributed by atoms with van der Waals surface area (Å²) in [4.78, 5) is 0. The molecule has 4 heteroatoms. The van der Waals surface area contributed by atoms with E-state index in [1.807, 2.05) is 13.2 Å². The standard InChI is InChI=1S/C11H19N3O/c1-10(2)5-4-8-6-14(3)13-9(8)11(10,12)7-15/h6,15H,4-5,7,12H2,1-3H3. The minimum Gasteiger partial charge on any atom is -0.394 e. The van der Waals surface area contributed by atoms with Crippen molar-refractivity contribution in [1.82, 2.24) is 9.78 Å². The van der Waals surface area contributed by atoms with Gasteiger partial charge in [0.15, 0.2) is 0 Å². The van der Waals surface area contributed by atoms with E-state index in [9.17, 15) is 5.11 Å². The van der Waals surface area contributed by atoms with E-state index in [2.05, 4.69) is 18.9 Å². The van der Waals surface area contributed by atoms with Crippen LogP contribution in [0.25, 0.3) is 0 Å². The lowest BCUT2D eigenvalue weighted by molar-refractivity contribution is 0.0596. The van der Waals surface area contributed by atoms with Gasteiger partial charge in [-0.1, -0.05) is 13.8 Å². The monoisotopic (exact) mass is 209 g/mol. The largest absolute Gasteiger partial charge is 0.394 e. The summed E-state index contributed by atoms with van der Waals surface area (Å²) in [5, 5.41) is 14.0. The van der Waals surface area contributed by atoms with Crippen LogP contribution in [0.2, 0.25) is 0 Å². The van der Waals surface area contributed by atoms with Crippen LogP contribution < -0.4 is 5.73 Å². The second-order valence-corrected chi connectivity index (χ2v) is 5.19. The minimum atomic E-state index is -0.707. The van der Waals surface area contributed by atoms with Gasteiger partial charge in [-0.15, -0.1) is 0 Å². The van der Waals surface area contributed by atoms with Crippen LogP contribution in [0, 0.1) is 5.41 Å². The normalized spacial score (nSPS) is 28.9. The molecule has 0 fully saturated rings. The second kappa shape index (κ2) is 3.06. The van der Waals surface area contributed by atoms with Gasteiger partial charge in [-0.3, -0.25) is 4.68 Å². The molecule has 1 heterocycles. The van der Waals surface area contributed by atoms with Gasteiger partial charge in [-0.05, 0) is 23.8 Å². The summed E-state index contributed by atoms with van der Waals surface area (Å²) in [7, 11) is 1.89. The molecule has 0 spiro atoms. The van der Waals surface area contributed by atoms with E-state index in [0.29, 0.717) is 0 Å². The molecule has 0 bridgehead atoms. The topological polar surface area (TPSA) is 64.1 Å². The van der Waals surface area contributed by atoms with Crippen molar-refractivity contribution in [2.24, 2.45) is 18.2 Å². The molecule has 0 amide bonds. The van der Waals surface area contributed by atoms with Gasteiger partial charge in [0.1, 0.15) is 0 Å². The van der Waals surface area contributed by atoms with Crippen molar-refractivity contribution >= 4 is 0 Å². The van der Waals surface area contributed by atoms with Crippen molar-refractivity contribution in [3.8, 4) is 0 Å². The van der Waals surface area contributed by atoms with Gasteiger partial charge in [-0.2, -0.15) is 5.10 Å². The Kier molecular flexibility index (Phi) is 2.17. The molecule has 1 aromatic heterocycles. The van der Waals surface area contributed by atoms with Crippen molar-refractivity contribution in [3.63, 3.8) is 0 Å². The average molecular weight is 209 g/mol. The number of aromatic nitrogens is 2. The van der Waals surface area contributed by atoms with Gasteiger partial charge in [0.05, 0.1) is 17.8 Å². The number of nitrogens with two attached hydrogens (primary N) is 1. The van der Waals surface area contributed by atoms with Gasteiger partial charge < -0.3 is 10.8 Å². The molecule has 1 aromatic rings. The Morgan fingerprint density at radius 1 is 1.60 bits per heavy atom. The van der Waals surface area contributed by atoms with Crippen LogP contribution >= 0.6 is 0 Å². The van der Waals surface area contributed by atoms with Crippen molar-refractivity contribution in [2.75, 3.05) is 6.61 Å². The van der Waals surface area contributed by atoms with Gasteiger partial charge >= 0.3 is 0 Å². The molecule has 0 aromatic carbocycles. The molecule has 0 saturated heterocycles. The molecule has 2 rings (SSSR count). The Labute approximate surface area is 90.1 Å². The summed E-state index contributed by atoms with van der Waals surface area (Å²) in [5.74, 6) is 0. The van der Waals surface area contributed by atoms with Crippen LogP contribution in [0.4, 0.5) is 0 Å². The fourth-order valence-corrected chi connectivity index (χ4v) is 2.38. The van der Waals surface area contributed by atoms with Crippen LogP contribution in [0.3, 0.4) is 0 Å². The van der Waals surface area contributed by atoms with Crippen LogP contribution in [0.5, 0.6) is 0 Å². The van der Waals surface area contributed by atoms with Crippen LogP contribution in [0.15, 0.2) is 6.20 Å². The highest BCUT2D eigenvalue weighted by Crippen LogP contribution is 2.45. The van der Waals surface area contributed by atoms with Crippen molar-refractivity contribution < 1.29 is 5.11 Å². The first-order valence-electron chi connectivity index (χ1n) is 5.33. The fourth-order valence-electron chi connectivity index (χ4n) is 2.38. The van der Waals surface area contributed by atoms with Crippen LogP contribution in [-0.4, -0.2) is 21.5 Å². The number of rotatable bonds is 1. The molecule has 0 aliphatic heterocycles. The molecule has 1 aliphatic rings. The highest BCUT2D eigenvalue weighted by Gasteiger charge is 2.48. The summed E-state index contributed by atoms with van der Waals surface area (Å²) in [6.45, 7) is 4.14. The lowest BCUT2D eigenvalue weighted by Crippen LogP contribution is -2.55. The Morgan fingerprint density at radius 3 is 2.87 bits per heavy atom. The van der Waals surface area contributed by atoms with E-state index in [1.54, 1.807) is 4.68 Å². The predicted molar refractivity (Wildman–Crippen MR) is 58.3 cm³/mol. The highest BCUT2D eigenvalue weighted by atomic mass is 16.3. The number of aryl methyl sites for hydroxylation is 2. The van der Waals surface area contributed by atoms with E-state index in [1.165, 1.54) is 5.56 Å². The van der Waals surface area contributed by atoms with E-state index in [-0.39, 0.29) is 12.0 Å². The summed E-state index contributed by atoms with van der Waals surface area (Å²) in [6, 6.07) is 0. The number of hydrogen-bond acceptors (Lipinski definition) is 3. The number of fused-ring (bicyclic) bond motifs is 1. The first-order chi connectivity index (χ1) is 6.90. The molecule has 1 aliphatic carbocycles. The summed E-state index contributed by atoms with van der Waals surface area (Å²) in [5.41, 5.74) is 7.56. The Morgan fingerprint density at radius 2 is 2.27 bits per heavy atom. The summed E-state index contributed by atoms with van der Waals surface area (Å²) in [6.07, 6.45) is 3.99. The Bertz CT molecular complexity index is 383. The molecule has 4 nitrogen and oxygen atoms in total. The zero-order chi connectivity index (χ0) is 11.3. The van der Waals surface area contributed by atoms with Crippen LogP contribution in [-0.2, 0) is 19.0 Å². The smallest absolute Gasteiger partial charge is 0.0890 e.